The molecular formula is C17H19ClN8O4S2. The summed E-state index contributed by atoms with van der Waals surface area (Å²) >= 11 is 8.70. The van der Waals surface area contributed by atoms with E-state index in [1.165, 1.54) is 37.8 Å². The van der Waals surface area contributed by atoms with Gasteiger partial charge in [-0.05, 0) is 29.8 Å². The number of thioether (sulfide) groups is 2. The average molecular weight is 499 g/mol. The number of carbonyl (C=O) groups excluding carboxylic acids is 2. The largest absolute Gasteiger partial charge is 0.477 e. The van der Waals surface area contributed by atoms with Crippen molar-refractivity contribution in [1.29, 1.82) is 0 Å². The first kappa shape index (κ1) is 22.6. The van der Waals surface area contributed by atoms with Gasteiger partial charge >= 0.3 is 5.97 Å². The first-order valence-electron chi connectivity index (χ1n) is 9.45. The Kier molecular flexibility index (Phi) is 6.18. The quantitative estimate of drug-likeness (QED) is 0.407. The summed E-state index contributed by atoms with van der Waals surface area (Å²) in [6.07, 6.45) is 1.55. The molecule has 2 aromatic heterocycles. The lowest BCUT2D eigenvalue weighted by atomic mass is 10.0. The molecule has 170 valence electrons. The Morgan fingerprint density at radius 1 is 1.47 bits per heavy atom. The smallest absolute Gasteiger partial charge is 0.352 e. The molecule has 4 rings (SSSR count). The Morgan fingerprint density at radius 3 is 2.81 bits per heavy atom. The van der Waals surface area contributed by atoms with Crippen molar-refractivity contribution < 1.29 is 19.5 Å². The van der Waals surface area contributed by atoms with Gasteiger partial charge in [-0.1, -0.05) is 23.4 Å². The van der Waals surface area contributed by atoms with Crippen molar-refractivity contribution in [2.75, 3.05) is 11.5 Å². The minimum atomic E-state index is -1.19. The second kappa shape index (κ2) is 8.75. The predicted octanol–water partition coefficient (Wildman–Crippen LogP) is 0.460. The molecule has 0 aromatic carbocycles. The van der Waals surface area contributed by atoms with Crippen LogP contribution in [-0.4, -0.2) is 80.7 Å². The van der Waals surface area contributed by atoms with Crippen LogP contribution in [0.25, 0.3) is 0 Å². The fourth-order valence-electron chi connectivity index (χ4n) is 3.34. The number of aryl methyl sites for hydroxylation is 2. The van der Waals surface area contributed by atoms with E-state index in [2.05, 4.69) is 25.9 Å². The van der Waals surface area contributed by atoms with Crippen molar-refractivity contribution in [1.82, 2.24) is 40.2 Å². The number of β-lactam (4-membered cyclic amide) rings is 1. The molecular weight excluding hydrogens is 480 g/mol. The van der Waals surface area contributed by atoms with Crippen LogP contribution in [0.1, 0.15) is 18.7 Å². The van der Waals surface area contributed by atoms with E-state index < -0.39 is 35.2 Å². The first-order valence-corrected chi connectivity index (χ1v) is 11.9. The highest BCUT2D eigenvalue weighted by Gasteiger charge is 2.54. The molecule has 0 unspecified atom stereocenters. The number of aliphatic carboxylic acids is 1. The Hall–Kier alpha value is -2.58. The number of rotatable bonds is 7. The van der Waals surface area contributed by atoms with Crippen LogP contribution in [0, 0.1) is 6.92 Å². The molecule has 2 aromatic rings. The number of fused-ring (bicyclic) bond motifs is 1. The summed E-state index contributed by atoms with van der Waals surface area (Å²) in [4.78, 5) is 38.7. The van der Waals surface area contributed by atoms with Crippen LogP contribution in [0.4, 0.5) is 0 Å². The Labute approximate surface area is 195 Å². The van der Waals surface area contributed by atoms with Crippen molar-refractivity contribution in [3.63, 3.8) is 0 Å². The number of aromatic nitrogens is 6. The molecule has 4 heterocycles. The third-order valence-electron chi connectivity index (χ3n) is 5.14. The number of tetrazole rings is 1. The molecule has 0 saturated carbocycles. The van der Waals surface area contributed by atoms with Gasteiger partial charge < -0.3 is 10.4 Å². The van der Waals surface area contributed by atoms with Gasteiger partial charge in [0.15, 0.2) is 0 Å². The van der Waals surface area contributed by atoms with Crippen LogP contribution in [0.3, 0.4) is 0 Å². The molecule has 2 amide bonds. The normalized spacial score (nSPS) is 21.2. The third-order valence-corrected chi connectivity index (χ3v) is 7.94. The molecule has 15 heteroatoms. The maximum Gasteiger partial charge on any atom is 0.352 e. The van der Waals surface area contributed by atoms with Crippen molar-refractivity contribution in [3.8, 4) is 0 Å². The van der Waals surface area contributed by atoms with Crippen LogP contribution < -0.4 is 5.32 Å². The predicted molar refractivity (Wildman–Crippen MR) is 116 cm³/mol. The van der Waals surface area contributed by atoms with Gasteiger partial charge in [0, 0.05) is 24.8 Å². The van der Waals surface area contributed by atoms with Crippen molar-refractivity contribution in [2.24, 2.45) is 7.05 Å². The van der Waals surface area contributed by atoms with E-state index in [0.717, 1.165) is 0 Å². The number of halogens is 1. The van der Waals surface area contributed by atoms with Gasteiger partial charge in [0.2, 0.25) is 11.1 Å². The highest BCUT2D eigenvalue weighted by atomic mass is 35.5. The highest BCUT2D eigenvalue weighted by molar-refractivity contribution is 8.01. The second-order valence-electron chi connectivity index (χ2n) is 7.25. The topological polar surface area (TPSA) is 148 Å². The van der Waals surface area contributed by atoms with Crippen LogP contribution >= 0.6 is 35.1 Å². The molecule has 1 saturated heterocycles. The third kappa shape index (κ3) is 3.97. The summed E-state index contributed by atoms with van der Waals surface area (Å²) in [5, 5.41) is 28.3. The van der Waals surface area contributed by atoms with E-state index in [-0.39, 0.29) is 5.70 Å². The maximum atomic E-state index is 12.8. The Bertz CT molecular complexity index is 1110. The van der Waals surface area contributed by atoms with Gasteiger partial charge in [-0.2, -0.15) is 5.10 Å². The number of carboxylic acid groups (broad SMARTS) is 1. The van der Waals surface area contributed by atoms with E-state index in [1.807, 2.05) is 0 Å². The molecule has 2 N–H and O–H groups in total. The molecule has 2 aliphatic heterocycles. The van der Waals surface area contributed by atoms with E-state index in [0.29, 0.717) is 33.0 Å². The van der Waals surface area contributed by atoms with Crippen LogP contribution in [0.2, 0.25) is 5.02 Å². The number of amides is 2. The summed E-state index contributed by atoms with van der Waals surface area (Å²) in [7, 11) is 1.69. The zero-order chi connectivity index (χ0) is 23.2. The van der Waals surface area contributed by atoms with Gasteiger partial charge in [-0.15, -0.1) is 16.9 Å². The molecule has 2 aliphatic rings. The molecule has 32 heavy (non-hydrogen) atoms. The minimum absolute atomic E-state index is 0.0468. The number of nitrogens with one attached hydrogen (secondary N) is 1. The molecule has 0 aliphatic carbocycles. The Morgan fingerprint density at radius 2 is 2.22 bits per heavy atom. The highest BCUT2D eigenvalue weighted by Crippen LogP contribution is 2.41. The molecule has 0 spiro atoms. The van der Waals surface area contributed by atoms with Crippen LogP contribution in [0.5, 0.6) is 0 Å². The van der Waals surface area contributed by atoms with Crippen LogP contribution in [0.15, 0.2) is 22.6 Å². The standard InChI is InChI=1S/C17H19ClN8O4S2/c1-7-10(18)4-25(21-7)8(2)13(27)19-11-14(28)26-12(16(29)30)9(5-31-15(11)26)6-32-17-20-22-23-24(17)3/h4,8,11,15H,5-6H2,1-3H3,(H,19,27)(H,29,30)/t8-,11+,15-/m1/s1. The van der Waals surface area contributed by atoms with Gasteiger partial charge in [-0.3, -0.25) is 19.2 Å². The SMILES string of the molecule is Cc1nn([C@H](C)C(=O)N[C@H]2C(=O)N3C(C(=O)O)=C(CSc4nnnn4C)CS[C@H]23)cc1Cl. The summed E-state index contributed by atoms with van der Waals surface area (Å²) in [5.41, 5.74) is 1.15. The number of hydrogen-bond acceptors (Lipinski definition) is 9. The van der Waals surface area contributed by atoms with E-state index in [1.54, 1.807) is 27.1 Å². The van der Waals surface area contributed by atoms with E-state index >= 15 is 0 Å². The monoisotopic (exact) mass is 498 g/mol. The number of carbonyl (C=O) groups is 3. The second-order valence-corrected chi connectivity index (χ2v) is 9.70. The van der Waals surface area contributed by atoms with Gasteiger partial charge in [-0.25, -0.2) is 9.48 Å². The number of hydrogen-bond donors (Lipinski definition) is 2. The lowest BCUT2D eigenvalue weighted by molar-refractivity contribution is -0.151. The van der Waals surface area contributed by atoms with E-state index in [9.17, 15) is 19.5 Å². The minimum Gasteiger partial charge on any atom is -0.477 e. The lowest BCUT2D eigenvalue weighted by Crippen LogP contribution is -2.71. The first-order chi connectivity index (χ1) is 15.2. The van der Waals surface area contributed by atoms with Crippen molar-refractivity contribution in [3.05, 3.63) is 28.2 Å². The summed E-state index contributed by atoms with van der Waals surface area (Å²) in [6.45, 7) is 3.37. The van der Waals surface area contributed by atoms with Gasteiger partial charge in [0.1, 0.15) is 23.2 Å². The van der Waals surface area contributed by atoms with Gasteiger partial charge in [0.25, 0.3) is 5.91 Å². The number of nitrogens with zero attached hydrogens (tertiary/aromatic N) is 7. The fraction of sp³-hybridized carbons (Fsp3) is 0.471. The fourth-order valence-corrected chi connectivity index (χ4v) is 5.81. The summed E-state index contributed by atoms with van der Waals surface area (Å²) in [5.74, 6) is -1.32. The number of carboxylic acids is 1. The summed E-state index contributed by atoms with van der Waals surface area (Å²) in [6, 6.07) is -1.49. The van der Waals surface area contributed by atoms with Gasteiger partial charge in [0.05, 0.1) is 10.7 Å². The molecule has 3 atom stereocenters. The molecule has 0 radical (unpaired) electrons. The average Bonchev–Trinajstić information content (AvgIpc) is 3.33. The summed E-state index contributed by atoms with van der Waals surface area (Å²) < 4.78 is 2.92. The van der Waals surface area contributed by atoms with E-state index in [4.69, 9.17) is 11.6 Å². The van der Waals surface area contributed by atoms with Crippen LogP contribution in [-0.2, 0) is 21.4 Å². The molecule has 1 fully saturated rings. The van der Waals surface area contributed by atoms with Crippen molar-refractivity contribution >= 4 is 52.9 Å². The van der Waals surface area contributed by atoms with Crippen molar-refractivity contribution in [2.45, 2.75) is 36.5 Å². The zero-order valence-electron chi connectivity index (χ0n) is 17.2. The Balaban J connectivity index is 1.46. The zero-order valence-corrected chi connectivity index (χ0v) is 19.6. The molecule has 0 bridgehead atoms. The lowest BCUT2D eigenvalue weighted by Gasteiger charge is -2.49. The molecule has 12 nitrogen and oxygen atoms in total. The maximum absolute atomic E-state index is 12.8.